The number of imidazole rings is 1. The van der Waals surface area contributed by atoms with Crippen molar-refractivity contribution in [2.45, 2.75) is 25.9 Å². The molecule has 0 aliphatic rings. The number of rotatable bonds is 6. The summed E-state index contributed by atoms with van der Waals surface area (Å²) in [4.78, 5) is 5.56. The second kappa shape index (κ2) is 6.39. The van der Waals surface area contributed by atoms with E-state index in [1.807, 2.05) is 36.7 Å². The topological polar surface area (TPSA) is 49.6 Å². The van der Waals surface area contributed by atoms with Crippen LogP contribution in [-0.2, 0) is 13.0 Å². The molecule has 2 N–H and O–H groups in total. The van der Waals surface area contributed by atoms with Gasteiger partial charge in [0.2, 0.25) is 0 Å². The van der Waals surface area contributed by atoms with Gasteiger partial charge < -0.3 is 10.4 Å². The fraction of sp³-hybridized carbons (Fsp3) is 0.312. The lowest BCUT2D eigenvalue weighted by molar-refractivity contribution is 0.240. The minimum atomic E-state index is 0.0518. The molecule has 0 saturated heterocycles. The number of hydrogen-bond acceptors (Lipinski definition) is 4. The molecule has 0 aliphatic heterocycles. The minimum Gasteiger partial charge on any atom is -0.395 e. The van der Waals surface area contributed by atoms with Crippen LogP contribution in [0.4, 0.5) is 0 Å². The van der Waals surface area contributed by atoms with Gasteiger partial charge in [-0.1, -0.05) is 30.3 Å². The van der Waals surface area contributed by atoms with Crippen LogP contribution in [0.5, 0.6) is 0 Å². The molecule has 1 atom stereocenters. The van der Waals surface area contributed by atoms with Crippen LogP contribution in [0.1, 0.15) is 17.0 Å². The molecule has 0 radical (unpaired) electrons. The molecular formula is C16H19N3OS. The summed E-state index contributed by atoms with van der Waals surface area (Å²) in [5.41, 5.74) is 3.44. The summed E-state index contributed by atoms with van der Waals surface area (Å²) in [6, 6.07) is 10.3. The van der Waals surface area contributed by atoms with Crippen molar-refractivity contribution < 1.29 is 5.11 Å². The zero-order valence-electron chi connectivity index (χ0n) is 12.0. The summed E-state index contributed by atoms with van der Waals surface area (Å²) in [6.45, 7) is 2.86. The Morgan fingerprint density at radius 3 is 2.90 bits per heavy atom. The van der Waals surface area contributed by atoms with Crippen molar-refractivity contribution in [3.8, 4) is 0 Å². The van der Waals surface area contributed by atoms with E-state index < -0.39 is 0 Å². The lowest BCUT2D eigenvalue weighted by atomic mass is 10.1. The van der Waals surface area contributed by atoms with Crippen LogP contribution in [0, 0.1) is 6.92 Å². The third-order valence-corrected chi connectivity index (χ3v) is 4.42. The number of nitrogens with one attached hydrogen (secondary N) is 1. The molecule has 0 amide bonds. The van der Waals surface area contributed by atoms with E-state index in [9.17, 15) is 5.11 Å². The van der Waals surface area contributed by atoms with Crippen LogP contribution < -0.4 is 5.32 Å². The van der Waals surface area contributed by atoms with Gasteiger partial charge in [0.15, 0.2) is 4.96 Å². The average molecular weight is 301 g/mol. The number of aliphatic hydroxyl groups excluding tert-OH is 1. The van der Waals surface area contributed by atoms with Gasteiger partial charge in [0.25, 0.3) is 0 Å². The molecule has 3 rings (SSSR count). The van der Waals surface area contributed by atoms with Crippen molar-refractivity contribution in [2.24, 2.45) is 0 Å². The predicted molar refractivity (Wildman–Crippen MR) is 85.7 cm³/mol. The molecule has 1 aromatic carbocycles. The van der Waals surface area contributed by atoms with E-state index >= 15 is 0 Å². The molecule has 110 valence electrons. The van der Waals surface area contributed by atoms with Crippen molar-refractivity contribution in [2.75, 3.05) is 6.61 Å². The summed E-state index contributed by atoms with van der Waals surface area (Å²) in [5.74, 6) is 0. The number of aromatic nitrogens is 2. The molecule has 2 aromatic heterocycles. The second-order valence-corrected chi connectivity index (χ2v) is 6.02. The van der Waals surface area contributed by atoms with E-state index in [0.717, 1.165) is 22.8 Å². The Kier molecular flexibility index (Phi) is 4.34. The smallest absolute Gasteiger partial charge is 0.194 e. The fourth-order valence-electron chi connectivity index (χ4n) is 2.49. The standard InChI is InChI=1S/C16H19N3OS/c1-12-15(19-7-8-21-16(19)18-12)10-17-14(11-20)9-13-5-3-2-4-6-13/h2-8,14,17,20H,9-11H2,1H3. The highest BCUT2D eigenvalue weighted by atomic mass is 32.1. The molecular weight excluding hydrogens is 282 g/mol. The van der Waals surface area contributed by atoms with Gasteiger partial charge in [-0.2, -0.15) is 0 Å². The van der Waals surface area contributed by atoms with E-state index in [0.29, 0.717) is 6.54 Å². The normalized spacial score (nSPS) is 12.9. The Labute approximate surface area is 128 Å². The maximum absolute atomic E-state index is 9.58. The molecule has 0 bridgehead atoms. The first-order chi connectivity index (χ1) is 10.3. The molecule has 0 saturated carbocycles. The first-order valence-electron chi connectivity index (χ1n) is 7.07. The largest absolute Gasteiger partial charge is 0.395 e. The number of benzene rings is 1. The molecule has 0 spiro atoms. The second-order valence-electron chi connectivity index (χ2n) is 5.15. The zero-order chi connectivity index (χ0) is 14.7. The number of thiazole rings is 1. The quantitative estimate of drug-likeness (QED) is 0.735. The number of aryl methyl sites for hydroxylation is 1. The lowest BCUT2D eigenvalue weighted by Gasteiger charge is -2.16. The lowest BCUT2D eigenvalue weighted by Crippen LogP contribution is -2.34. The Morgan fingerprint density at radius 2 is 2.14 bits per heavy atom. The van der Waals surface area contributed by atoms with Gasteiger partial charge in [0.05, 0.1) is 18.0 Å². The fourth-order valence-corrected chi connectivity index (χ4v) is 3.27. The van der Waals surface area contributed by atoms with Crippen LogP contribution in [0.2, 0.25) is 0 Å². The highest BCUT2D eigenvalue weighted by Crippen LogP contribution is 2.16. The number of fused-ring (bicyclic) bond motifs is 1. The van der Waals surface area contributed by atoms with Crippen molar-refractivity contribution in [3.05, 3.63) is 58.9 Å². The zero-order valence-corrected chi connectivity index (χ0v) is 12.8. The van der Waals surface area contributed by atoms with E-state index in [2.05, 4.69) is 26.8 Å². The van der Waals surface area contributed by atoms with Gasteiger partial charge >= 0.3 is 0 Å². The van der Waals surface area contributed by atoms with E-state index in [-0.39, 0.29) is 12.6 Å². The van der Waals surface area contributed by atoms with Crippen LogP contribution >= 0.6 is 11.3 Å². The van der Waals surface area contributed by atoms with Gasteiger partial charge in [-0.05, 0) is 18.9 Å². The monoisotopic (exact) mass is 301 g/mol. The summed E-state index contributed by atoms with van der Waals surface area (Å²) < 4.78 is 2.12. The highest BCUT2D eigenvalue weighted by molar-refractivity contribution is 7.15. The van der Waals surface area contributed by atoms with Crippen LogP contribution in [0.15, 0.2) is 41.9 Å². The van der Waals surface area contributed by atoms with E-state index in [4.69, 9.17) is 0 Å². The van der Waals surface area contributed by atoms with Gasteiger partial charge in [-0.15, -0.1) is 11.3 Å². The minimum absolute atomic E-state index is 0.0518. The molecule has 0 fully saturated rings. The summed E-state index contributed by atoms with van der Waals surface area (Å²) in [7, 11) is 0. The maximum Gasteiger partial charge on any atom is 0.194 e. The third kappa shape index (κ3) is 3.15. The Balaban J connectivity index is 1.67. The average Bonchev–Trinajstić information content (AvgIpc) is 3.05. The predicted octanol–water partition coefficient (Wildman–Crippen LogP) is 2.40. The van der Waals surface area contributed by atoms with Gasteiger partial charge in [0.1, 0.15) is 0 Å². The highest BCUT2D eigenvalue weighted by Gasteiger charge is 2.12. The summed E-state index contributed by atoms with van der Waals surface area (Å²) in [5, 5.41) is 15.1. The third-order valence-electron chi connectivity index (χ3n) is 3.66. The van der Waals surface area contributed by atoms with Crippen LogP contribution in [0.3, 0.4) is 0 Å². The van der Waals surface area contributed by atoms with Crippen molar-refractivity contribution in [1.29, 1.82) is 0 Å². The Morgan fingerprint density at radius 1 is 1.33 bits per heavy atom. The van der Waals surface area contributed by atoms with Crippen molar-refractivity contribution in [1.82, 2.24) is 14.7 Å². The van der Waals surface area contributed by atoms with Crippen LogP contribution in [0.25, 0.3) is 4.96 Å². The Hall–Kier alpha value is -1.69. The van der Waals surface area contributed by atoms with Crippen molar-refractivity contribution >= 4 is 16.3 Å². The SMILES string of the molecule is Cc1nc2sccn2c1CNC(CO)Cc1ccccc1. The van der Waals surface area contributed by atoms with Gasteiger partial charge in [-0.25, -0.2) is 4.98 Å². The van der Waals surface area contributed by atoms with Gasteiger partial charge in [0, 0.05) is 24.2 Å². The number of nitrogens with zero attached hydrogens (tertiary/aromatic N) is 2. The van der Waals surface area contributed by atoms with Gasteiger partial charge in [-0.3, -0.25) is 4.40 Å². The molecule has 2 heterocycles. The molecule has 3 aromatic rings. The van der Waals surface area contributed by atoms with Crippen LogP contribution in [-0.4, -0.2) is 27.1 Å². The molecule has 5 heteroatoms. The maximum atomic E-state index is 9.58. The first kappa shape index (κ1) is 14.3. The van der Waals surface area contributed by atoms with Crippen molar-refractivity contribution in [3.63, 3.8) is 0 Å². The number of aliphatic hydroxyl groups is 1. The summed E-state index contributed by atoms with van der Waals surface area (Å²) in [6.07, 6.45) is 2.87. The Bertz CT molecular complexity index is 705. The molecule has 1 unspecified atom stereocenters. The number of hydrogen-bond donors (Lipinski definition) is 2. The molecule has 0 aliphatic carbocycles. The van der Waals surface area contributed by atoms with E-state index in [1.165, 1.54) is 5.56 Å². The first-order valence-corrected chi connectivity index (χ1v) is 7.95. The molecule has 21 heavy (non-hydrogen) atoms. The summed E-state index contributed by atoms with van der Waals surface area (Å²) >= 11 is 1.64. The van der Waals surface area contributed by atoms with E-state index in [1.54, 1.807) is 11.3 Å². The molecule has 4 nitrogen and oxygen atoms in total.